The van der Waals surface area contributed by atoms with Gasteiger partial charge in [0.1, 0.15) is 6.17 Å². The van der Waals surface area contributed by atoms with Crippen molar-refractivity contribution >= 4 is 22.5 Å². The zero-order chi connectivity index (χ0) is 35.0. The second-order valence-corrected chi connectivity index (χ2v) is 16.7. The second kappa shape index (κ2) is 12.7. The number of benzene rings is 3. The molecule has 6 unspecified atom stereocenters. The summed E-state index contributed by atoms with van der Waals surface area (Å²) in [5.74, 6) is 2.70. The smallest absolute Gasteiger partial charge is 0.104 e. The maximum absolute atomic E-state index is 3.79. The van der Waals surface area contributed by atoms with Crippen LogP contribution in [0.25, 0.3) is 22.3 Å². The molecule has 7 aliphatic carbocycles. The Morgan fingerprint density at radius 2 is 1.70 bits per heavy atom. The van der Waals surface area contributed by atoms with Gasteiger partial charge in [0, 0.05) is 17.5 Å². The molecule has 1 heterocycles. The summed E-state index contributed by atoms with van der Waals surface area (Å²) in [6.07, 6.45) is 42.3. The van der Waals surface area contributed by atoms with Crippen LogP contribution >= 0.6 is 0 Å². The summed E-state index contributed by atoms with van der Waals surface area (Å²) in [5, 5.41) is 3.79. The molecule has 0 radical (unpaired) electrons. The molecule has 0 saturated carbocycles. The van der Waals surface area contributed by atoms with Crippen molar-refractivity contribution < 1.29 is 0 Å². The number of rotatable bonds is 5. The summed E-state index contributed by atoms with van der Waals surface area (Å²) in [7, 11) is 0. The summed E-state index contributed by atoms with van der Waals surface area (Å²) < 4.78 is 0. The monoisotopic (exact) mass is 690 g/mol. The number of fused-ring (bicyclic) bond motifs is 6. The molecule has 264 valence electrons. The Hall–Kier alpha value is -4.82. The van der Waals surface area contributed by atoms with E-state index in [1.807, 2.05) is 0 Å². The van der Waals surface area contributed by atoms with Crippen LogP contribution in [-0.4, -0.2) is 6.17 Å². The van der Waals surface area contributed by atoms with Gasteiger partial charge < -0.3 is 10.2 Å². The van der Waals surface area contributed by atoms with Crippen LogP contribution in [0.2, 0.25) is 0 Å². The number of nitrogens with zero attached hydrogens (tertiary/aromatic N) is 1. The Morgan fingerprint density at radius 1 is 0.755 bits per heavy atom. The molecular formula is C51H50N2. The number of para-hydroxylation sites is 2. The molecule has 8 aliphatic rings. The van der Waals surface area contributed by atoms with Gasteiger partial charge in [-0.2, -0.15) is 0 Å². The number of aryl methyl sites for hydroxylation is 1. The SMILES string of the molecule is CCC1Nc2ccccc2N1C1=CCC(c2cc(C3=CCC4CCC=CC4=C3)c3c(c2C2C=CC4CCC=CC4C2)C2=CCCc4cccc-3c42)C=C1. The number of nitrogens with one attached hydrogen (secondary N) is 1. The van der Waals surface area contributed by atoms with Gasteiger partial charge in [-0.25, -0.2) is 0 Å². The number of anilines is 2. The molecule has 53 heavy (non-hydrogen) atoms. The van der Waals surface area contributed by atoms with Crippen molar-refractivity contribution in [3.05, 3.63) is 166 Å². The first kappa shape index (κ1) is 31.7. The number of hydrogen-bond acceptors (Lipinski definition) is 2. The molecule has 0 saturated heterocycles. The Morgan fingerprint density at radius 3 is 2.62 bits per heavy atom. The molecule has 3 aromatic carbocycles. The Bertz CT molecular complexity index is 2280. The van der Waals surface area contributed by atoms with Gasteiger partial charge in [0.05, 0.1) is 11.4 Å². The van der Waals surface area contributed by atoms with Gasteiger partial charge in [-0.05, 0) is 167 Å². The maximum Gasteiger partial charge on any atom is 0.104 e. The first-order chi connectivity index (χ1) is 26.2. The van der Waals surface area contributed by atoms with Gasteiger partial charge in [0.2, 0.25) is 0 Å². The van der Waals surface area contributed by atoms with Crippen molar-refractivity contribution in [1.82, 2.24) is 0 Å². The summed E-state index contributed by atoms with van der Waals surface area (Å²) in [6, 6.07) is 18.7. The van der Waals surface area contributed by atoms with Crippen LogP contribution < -0.4 is 10.2 Å². The Kier molecular flexibility index (Phi) is 7.56. The standard InChI is InChI=1S/C51H50N2/c1-2-47-52-45-19-7-8-20-46(45)53(47)40-27-25-34(26-28-40)43-31-44(38-23-21-32-11-3-5-13-36(32)29-38)50-41-17-9-15-35-16-10-18-42(48(35)41)51(50)49(43)39-24-22-33-12-4-6-14-37(33)30-39/h5-9,13-15,17-20,22-25,27-29,31-34,37,39,47,52H,2-4,10-12,16,21,26,30H2,1H3. The minimum Gasteiger partial charge on any atom is -0.363 e. The molecule has 2 heteroatoms. The summed E-state index contributed by atoms with van der Waals surface area (Å²) in [4.78, 5) is 2.54. The van der Waals surface area contributed by atoms with Gasteiger partial charge >= 0.3 is 0 Å². The lowest BCUT2D eigenvalue weighted by molar-refractivity contribution is 0.372. The third-order valence-corrected chi connectivity index (χ3v) is 13.9. The molecule has 2 nitrogen and oxygen atoms in total. The van der Waals surface area contributed by atoms with E-state index in [1.165, 1.54) is 93.7 Å². The lowest BCUT2D eigenvalue weighted by Gasteiger charge is -2.36. The lowest BCUT2D eigenvalue weighted by Crippen LogP contribution is -2.34. The largest absolute Gasteiger partial charge is 0.363 e. The third-order valence-electron chi connectivity index (χ3n) is 13.9. The molecule has 1 N–H and O–H groups in total. The average Bonchev–Trinajstić information content (AvgIpc) is 3.77. The highest BCUT2D eigenvalue weighted by Gasteiger charge is 2.39. The van der Waals surface area contributed by atoms with E-state index >= 15 is 0 Å². The second-order valence-electron chi connectivity index (χ2n) is 16.7. The topological polar surface area (TPSA) is 15.3 Å². The molecule has 0 aromatic heterocycles. The van der Waals surface area contributed by atoms with Crippen molar-refractivity contribution in [2.75, 3.05) is 10.2 Å². The van der Waals surface area contributed by atoms with Crippen LogP contribution in [0.4, 0.5) is 11.4 Å². The van der Waals surface area contributed by atoms with Gasteiger partial charge in [-0.3, -0.25) is 0 Å². The normalized spacial score (nSPS) is 28.5. The van der Waals surface area contributed by atoms with Crippen LogP contribution in [0.5, 0.6) is 0 Å². The van der Waals surface area contributed by atoms with Crippen LogP contribution in [0, 0.1) is 17.8 Å². The van der Waals surface area contributed by atoms with E-state index in [4.69, 9.17) is 0 Å². The Labute approximate surface area is 315 Å². The highest BCUT2D eigenvalue weighted by Crippen LogP contribution is 2.57. The number of allylic oxidation sites excluding steroid dienone is 14. The van der Waals surface area contributed by atoms with Gasteiger partial charge in [0.15, 0.2) is 0 Å². The minimum absolute atomic E-state index is 0.278. The van der Waals surface area contributed by atoms with Crippen molar-refractivity contribution in [2.45, 2.75) is 89.1 Å². The van der Waals surface area contributed by atoms with E-state index in [1.54, 1.807) is 16.7 Å². The van der Waals surface area contributed by atoms with E-state index in [-0.39, 0.29) is 6.17 Å². The summed E-state index contributed by atoms with van der Waals surface area (Å²) >= 11 is 0. The fourth-order valence-corrected chi connectivity index (χ4v) is 11.3. The molecule has 11 rings (SSSR count). The fourth-order valence-electron chi connectivity index (χ4n) is 11.3. The lowest BCUT2D eigenvalue weighted by atomic mass is 9.68. The highest BCUT2D eigenvalue weighted by molar-refractivity contribution is 6.08. The zero-order valence-electron chi connectivity index (χ0n) is 31.0. The van der Waals surface area contributed by atoms with Crippen molar-refractivity contribution in [2.24, 2.45) is 17.8 Å². The van der Waals surface area contributed by atoms with E-state index in [0.29, 0.717) is 29.6 Å². The van der Waals surface area contributed by atoms with E-state index in [2.05, 4.69) is 139 Å². The molecule has 0 spiro atoms. The minimum atomic E-state index is 0.278. The average molecular weight is 691 g/mol. The maximum atomic E-state index is 3.79. The van der Waals surface area contributed by atoms with E-state index in [0.717, 1.165) is 32.1 Å². The van der Waals surface area contributed by atoms with E-state index < -0.39 is 0 Å². The summed E-state index contributed by atoms with van der Waals surface area (Å²) in [6.45, 7) is 2.29. The van der Waals surface area contributed by atoms with Gasteiger partial charge in [0.25, 0.3) is 0 Å². The molecule has 6 atom stereocenters. The zero-order valence-corrected chi connectivity index (χ0v) is 31.0. The molecule has 1 aliphatic heterocycles. The third kappa shape index (κ3) is 5.04. The van der Waals surface area contributed by atoms with Crippen LogP contribution in [0.15, 0.2) is 133 Å². The quantitative estimate of drug-likeness (QED) is 0.210. The predicted molar refractivity (Wildman–Crippen MR) is 223 cm³/mol. The molecule has 0 amide bonds. The van der Waals surface area contributed by atoms with Crippen LogP contribution in [0.1, 0.15) is 110 Å². The van der Waals surface area contributed by atoms with E-state index in [9.17, 15) is 0 Å². The van der Waals surface area contributed by atoms with Crippen molar-refractivity contribution in [3.63, 3.8) is 0 Å². The van der Waals surface area contributed by atoms with Crippen LogP contribution in [0.3, 0.4) is 0 Å². The molecular weight excluding hydrogens is 641 g/mol. The van der Waals surface area contributed by atoms with Crippen LogP contribution in [-0.2, 0) is 6.42 Å². The predicted octanol–water partition coefficient (Wildman–Crippen LogP) is 12.9. The highest BCUT2D eigenvalue weighted by atomic mass is 15.3. The Balaban J connectivity index is 1.10. The molecule has 0 bridgehead atoms. The fraction of sp³-hybridized carbons (Fsp3) is 0.333. The summed E-state index contributed by atoms with van der Waals surface area (Å²) in [5.41, 5.74) is 20.5. The molecule has 3 aromatic rings. The first-order valence-corrected chi connectivity index (χ1v) is 20.7. The van der Waals surface area contributed by atoms with Gasteiger partial charge in [-0.15, -0.1) is 0 Å². The first-order valence-electron chi connectivity index (χ1n) is 20.7. The molecule has 0 fully saturated rings. The number of hydrogen-bond donors (Lipinski definition) is 1. The van der Waals surface area contributed by atoms with Crippen molar-refractivity contribution in [3.8, 4) is 11.1 Å². The van der Waals surface area contributed by atoms with Crippen molar-refractivity contribution in [1.29, 1.82) is 0 Å². The van der Waals surface area contributed by atoms with Gasteiger partial charge in [-0.1, -0.05) is 104 Å².